The lowest BCUT2D eigenvalue weighted by atomic mass is 10.0. The molecule has 3 aromatic rings. The number of benzene rings is 3. The Morgan fingerprint density at radius 3 is 2.32 bits per heavy atom. The lowest BCUT2D eigenvalue weighted by Crippen LogP contribution is -2.13. The molecule has 142 valence electrons. The van der Waals surface area contributed by atoms with Crippen LogP contribution in [0.25, 0.3) is 11.1 Å². The molecule has 0 aliphatic carbocycles. The van der Waals surface area contributed by atoms with E-state index in [1.165, 1.54) is 13.2 Å². The van der Waals surface area contributed by atoms with Gasteiger partial charge in [0.1, 0.15) is 12.4 Å². The van der Waals surface area contributed by atoms with Crippen molar-refractivity contribution in [1.82, 2.24) is 0 Å². The lowest BCUT2D eigenvalue weighted by molar-refractivity contribution is 0.0595. The maximum atomic E-state index is 14.6. The van der Waals surface area contributed by atoms with Crippen LogP contribution in [-0.2, 0) is 16.1 Å². The summed E-state index contributed by atoms with van der Waals surface area (Å²) in [5.41, 5.74) is 2.08. The van der Waals surface area contributed by atoms with Gasteiger partial charge in [0.05, 0.1) is 12.7 Å². The minimum absolute atomic E-state index is 0.133. The van der Waals surface area contributed by atoms with Crippen LogP contribution in [0.15, 0.2) is 72.8 Å². The first-order valence-corrected chi connectivity index (χ1v) is 8.53. The zero-order valence-electron chi connectivity index (χ0n) is 15.1. The Morgan fingerprint density at radius 1 is 0.929 bits per heavy atom. The van der Waals surface area contributed by atoms with Gasteiger partial charge in [0.15, 0.2) is 0 Å². The number of hydrogen-bond acceptors (Lipinski definition) is 4. The monoisotopic (exact) mass is 379 g/mol. The highest BCUT2D eigenvalue weighted by Gasteiger charge is 2.16. The first-order valence-electron chi connectivity index (χ1n) is 8.53. The van der Waals surface area contributed by atoms with Gasteiger partial charge in [-0.25, -0.2) is 14.0 Å². The van der Waals surface area contributed by atoms with Gasteiger partial charge >= 0.3 is 12.1 Å². The van der Waals surface area contributed by atoms with Crippen LogP contribution in [0.3, 0.4) is 0 Å². The molecule has 0 atom stereocenters. The molecular formula is C22H18FNO4. The van der Waals surface area contributed by atoms with E-state index in [4.69, 9.17) is 4.74 Å². The summed E-state index contributed by atoms with van der Waals surface area (Å²) < 4.78 is 24.3. The molecule has 0 bridgehead atoms. The van der Waals surface area contributed by atoms with E-state index in [0.717, 1.165) is 5.56 Å². The molecule has 0 heterocycles. The SMILES string of the molecule is COC(=O)c1cccc(-c2ccc(NC(=O)OCc3ccccc3)cc2)c1F. The Kier molecular flexibility index (Phi) is 6.01. The third kappa shape index (κ3) is 4.54. The van der Waals surface area contributed by atoms with E-state index < -0.39 is 17.9 Å². The zero-order valence-corrected chi connectivity index (χ0v) is 15.1. The van der Waals surface area contributed by atoms with Crippen LogP contribution in [0, 0.1) is 5.82 Å². The van der Waals surface area contributed by atoms with Crippen molar-refractivity contribution in [2.75, 3.05) is 12.4 Å². The van der Waals surface area contributed by atoms with Gasteiger partial charge in [-0.1, -0.05) is 54.6 Å². The largest absolute Gasteiger partial charge is 0.465 e. The number of methoxy groups -OCH3 is 1. The van der Waals surface area contributed by atoms with Crippen molar-refractivity contribution in [3.63, 3.8) is 0 Å². The summed E-state index contributed by atoms with van der Waals surface area (Å²) in [6.07, 6.45) is -0.588. The quantitative estimate of drug-likeness (QED) is 0.632. The highest BCUT2D eigenvalue weighted by atomic mass is 19.1. The molecule has 0 aromatic heterocycles. The summed E-state index contributed by atoms with van der Waals surface area (Å²) in [5.74, 6) is -1.39. The average Bonchev–Trinajstić information content (AvgIpc) is 2.73. The fourth-order valence-corrected chi connectivity index (χ4v) is 2.63. The molecule has 0 saturated carbocycles. The molecular weight excluding hydrogens is 361 g/mol. The number of anilines is 1. The molecule has 3 aromatic carbocycles. The van der Waals surface area contributed by atoms with Gasteiger partial charge < -0.3 is 9.47 Å². The third-order valence-electron chi connectivity index (χ3n) is 4.06. The second-order valence-electron chi connectivity index (χ2n) is 5.92. The van der Waals surface area contributed by atoms with E-state index in [1.54, 1.807) is 36.4 Å². The standard InChI is InChI=1S/C22H18FNO4/c1-27-21(25)19-9-5-8-18(20(19)23)16-10-12-17(13-11-16)24-22(26)28-14-15-6-3-2-4-7-15/h2-13H,14H2,1H3,(H,24,26). The Bertz CT molecular complexity index is 972. The maximum Gasteiger partial charge on any atom is 0.411 e. The number of carbonyl (C=O) groups is 2. The van der Waals surface area contributed by atoms with Crippen LogP contribution in [0.2, 0.25) is 0 Å². The number of ether oxygens (including phenoxy) is 2. The van der Waals surface area contributed by atoms with Crippen molar-refractivity contribution in [3.05, 3.63) is 89.7 Å². The number of esters is 1. The van der Waals surface area contributed by atoms with Gasteiger partial charge in [-0.2, -0.15) is 0 Å². The number of nitrogens with one attached hydrogen (secondary N) is 1. The van der Waals surface area contributed by atoms with Crippen LogP contribution in [0.5, 0.6) is 0 Å². The Hall–Kier alpha value is -3.67. The molecule has 28 heavy (non-hydrogen) atoms. The van der Waals surface area contributed by atoms with Gasteiger partial charge in [-0.15, -0.1) is 0 Å². The zero-order chi connectivity index (χ0) is 19.9. The van der Waals surface area contributed by atoms with Crippen LogP contribution in [0.4, 0.5) is 14.9 Å². The molecule has 1 N–H and O–H groups in total. The third-order valence-corrected chi connectivity index (χ3v) is 4.06. The van der Waals surface area contributed by atoms with Crippen LogP contribution in [0.1, 0.15) is 15.9 Å². The molecule has 3 rings (SSSR count). The van der Waals surface area contributed by atoms with E-state index in [0.29, 0.717) is 11.3 Å². The molecule has 0 aliphatic heterocycles. The van der Waals surface area contributed by atoms with Crippen molar-refractivity contribution in [1.29, 1.82) is 0 Å². The summed E-state index contributed by atoms with van der Waals surface area (Å²) in [4.78, 5) is 23.5. The fourth-order valence-electron chi connectivity index (χ4n) is 2.63. The average molecular weight is 379 g/mol. The molecule has 0 saturated heterocycles. The van der Waals surface area contributed by atoms with E-state index in [2.05, 4.69) is 10.1 Å². The van der Waals surface area contributed by atoms with Crippen LogP contribution >= 0.6 is 0 Å². The van der Waals surface area contributed by atoms with Gasteiger partial charge in [0.25, 0.3) is 0 Å². The molecule has 0 fully saturated rings. The first kappa shape index (κ1) is 19.1. The predicted octanol–water partition coefficient (Wildman–Crippen LogP) is 5.03. The topological polar surface area (TPSA) is 64.6 Å². The molecule has 5 nitrogen and oxygen atoms in total. The van der Waals surface area contributed by atoms with Crippen molar-refractivity contribution in [3.8, 4) is 11.1 Å². The number of halogens is 1. The van der Waals surface area contributed by atoms with Crippen molar-refractivity contribution in [2.24, 2.45) is 0 Å². The second-order valence-corrected chi connectivity index (χ2v) is 5.92. The summed E-state index contributed by atoms with van der Waals surface area (Å²) in [5, 5.41) is 2.62. The number of amides is 1. The summed E-state index contributed by atoms with van der Waals surface area (Å²) in [6, 6.07) is 20.4. The fraction of sp³-hybridized carbons (Fsp3) is 0.0909. The Labute approximate surface area is 161 Å². The molecule has 0 unspecified atom stereocenters. The van der Waals surface area contributed by atoms with Gasteiger partial charge in [0, 0.05) is 11.3 Å². The number of carbonyl (C=O) groups excluding carboxylic acids is 2. The highest BCUT2D eigenvalue weighted by Crippen LogP contribution is 2.26. The van der Waals surface area contributed by atoms with Gasteiger partial charge in [-0.3, -0.25) is 5.32 Å². The molecule has 0 spiro atoms. The predicted molar refractivity (Wildman–Crippen MR) is 103 cm³/mol. The van der Waals surface area contributed by atoms with Gasteiger partial charge in [0.2, 0.25) is 0 Å². The summed E-state index contributed by atoms with van der Waals surface area (Å²) in [6.45, 7) is 0.163. The Balaban J connectivity index is 1.67. The molecule has 0 aliphatic rings. The van der Waals surface area contributed by atoms with E-state index in [1.807, 2.05) is 30.3 Å². The molecule has 0 radical (unpaired) electrons. The second kappa shape index (κ2) is 8.81. The maximum absolute atomic E-state index is 14.6. The minimum atomic E-state index is -0.737. The lowest BCUT2D eigenvalue weighted by Gasteiger charge is -2.10. The molecule has 1 amide bonds. The van der Waals surface area contributed by atoms with E-state index in [9.17, 15) is 14.0 Å². The van der Waals surface area contributed by atoms with Crippen LogP contribution in [-0.4, -0.2) is 19.2 Å². The summed E-state index contributed by atoms with van der Waals surface area (Å²) in [7, 11) is 1.20. The smallest absolute Gasteiger partial charge is 0.411 e. The van der Waals surface area contributed by atoms with E-state index in [-0.39, 0.29) is 17.7 Å². The van der Waals surface area contributed by atoms with Crippen LogP contribution < -0.4 is 5.32 Å². The number of hydrogen-bond donors (Lipinski definition) is 1. The summed E-state index contributed by atoms with van der Waals surface area (Å²) >= 11 is 0. The van der Waals surface area contributed by atoms with Gasteiger partial charge in [-0.05, 0) is 29.3 Å². The minimum Gasteiger partial charge on any atom is -0.465 e. The molecule has 6 heteroatoms. The van der Waals surface area contributed by atoms with E-state index >= 15 is 0 Å². The Morgan fingerprint density at radius 2 is 1.64 bits per heavy atom. The van der Waals surface area contributed by atoms with Crippen molar-refractivity contribution in [2.45, 2.75) is 6.61 Å². The van der Waals surface area contributed by atoms with Crippen molar-refractivity contribution < 1.29 is 23.5 Å². The highest BCUT2D eigenvalue weighted by molar-refractivity contribution is 5.91. The number of rotatable bonds is 5. The normalized spacial score (nSPS) is 10.2. The first-order chi connectivity index (χ1) is 13.6. The van der Waals surface area contributed by atoms with Crippen molar-refractivity contribution >= 4 is 17.7 Å².